The highest BCUT2D eigenvalue weighted by Crippen LogP contribution is 2.17. The SMILES string of the molecule is CCC=C(C)C(=O)N1CCC(CNC)CC1. The Labute approximate surface area is 98.9 Å². The van der Waals surface area contributed by atoms with Crippen molar-refractivity contribution in [1.29, 1.82) is 0 Å². The largest absolute Gasteiger partial charge is 0.339 e. The number of piperidine rings is 1. The van der Waals surface area contributed by atoms with Crippen molar-refractivity contribution in [3.63, 3.8) is 0 Å². The molecular formula is C13H24N2O. The summed E-state index contributed by atoms with van der Waals surface area (Å²) in [5.41, 5.74) is 0.898. The Hall–Kier alpha value is -0.830. The van der Waals surface area contributed by atoms with Gasteiger partial charge in [0.15, 0.2) is 0 Å². The Bertz CT molecular complexity index is 253. The lowest BCUT2D eigenvalue weighted by Crippen LogP contribution is -2.40. The Morgan fingerprint density at radius 1 is 1.44 bits per heavy atom. The van der Waals surface area contributed by atoms with Gasteiger partial charge in [0.1, 0.15) is 0 Å². The van der Waals surface area contributed by atoms with Gasteiger partial charge in [0.05, 0.1) is 0 Å². The van der Waals surface area contributed by atoms with E-state index in [0.29, 0.717) is 0 Å². The molecule has 1 N–H and O–H groups in total. The second kappa shape index (κ2) is 6.69. The molecular weight excluding hydrogens is 200 g/mol. The number of carbonyl (C=O) groups excluding carboxylic acids is 1. The molecule has 0 unspecified atom stereocenters. The number of allylic oxidation sites excluding steroid dienone is 1. The van der Waals surface area contributed by atoms with Crippen LogP contribution in [0.1, 0.15) is 33.1 Å². The molecule has 1 heterocycles. The summed E-state index contributed by atoms with van der Waals surface area (Å²) in [4.78, 5) is 14.0. The molecule has 16 heavy (non-hydrogen) atoms. The van der Waals surface area contributed by atoms with Gasteiger partial charge in [0, 0.05) is 18.7 Å². The summed E-state index contributed by atoms with van der Waals surface area (Å²) < 4.78 is 0. The first-order valence-electron chi connectivity index (χ1n) is 6.29. The van der Waals surface area contributed by atoms with Crippen LogP contribution < -0.4 is 5.32 Å². The highest BCUT2D eigenvalue weighted by atomic mass is 16.2. The van der Waals surface area contributed by atoms with Crippen LogP contribution in [0.2, 0.25) is 0 Å². The van der Waals surface area contributed by atoms with Crippen LogP contribution >= 0.6 is 0 Å². The quantitative estimate of drug-likeness (QED) is 0.739. The standard InChI is InChI=1S/C13H24N2O/c1-4-5-11(2)13(16)15-8-6-12(7-9-15)10-14-3/h5,12,14H,4,6-10H2,1-3H3. The van der Waals surface area contributed by atoms with Crippen LogP contribution in [0.4, 0.5) is 0 Å². The number of nitrogens with zero attached hydrogens (tertiary/aromatic N) is 1. The minimum absolute atomic E-state index is 0.227. The topological polar surface area (TPSA) is 32.3 Å². The summed E-state index contributed by atoms with van der Waals surface area (Å²) in [6.45, 7) is 6.90. The van der Waals surface area contributed by atoms with Crippen LogP contribution in [0.15, 0.2) is 11.6 Å². The minimum Gasteiger partial charge on any atom is -0.339 e. The second-order valence-corrected chi connectivity index (χ2v) is 4.59. The minimum atomic E-state index is 0.227. The van der Waals surface area contributed by atoms with Gasteiger partial charge in [0.2, 0.25) is 5.91 Å². The van der Waals surface area contributed by atoms with Gasteiger partial charge in [-0.05, 0) is 45.7 Å². The summed E-state index contributed by atoms with van der Waals surface area (Å²) in [5.74, 6) is 0.967. The summed E-state index contributed by atoms with van der Waals surface area (Å²) >= 11 is 0. The van der Waals surface area contributed by atoms with Crippen LogP contribution in [-0.4, -0.2) is 37.5 Å². The van der Waals surface area contributed by atoms with Gasteiger partial charge in [-0.3, -0.25) is 4.79 Å². The van der Waals surface area contributed by atoms with E-state index in [9.17, 15) is 4.79 Å². The lowest BCUT2D eigenvalue weighted by atomic mass is 9.96. The van der Waals surface area contributed by atoms with Gasteiger partial charge in [-0.2, -0.15) is 0 Å². The maximum atomic E-state index is 12.0. The van der Waals surface area contributed by atoms with Crippen molar-refractivity contribution in [3.05, 3.63) is 11.6 Å². The average Bonchev–Trinajstić information content (AvgIpc) is 2.30. The second-order valence-electron chi connectivity index (χ2n) is 4.59. The number of rotatable bonds is 4. The lowest BCUT2D eigenvalue weighted by molar-refractivity contribution is -0.128. The van der Waals surface area contributed by atoms with Crippen LogP contribution in [0, 0.1) is 5.92 Å². The highest BCUT2D eigenvalue weighted by molar-refractivity contribution is 5.92. The fourth-order valence-corrected chi connectivity index (χ4v) is 2.27. The molecule has 0 radical (unpaired) electrons. The third kappa shape index (κ3) is 3.63. The molecule has 1 aliphatic rings. The predicted octanol–water partition coefficient (Wildman–Crippen LogP) is 1.80. The smallest absolute Gasteiger partial charge is 0.249 e. The molecule has 1 rings (SSSR count). The predicted molar refractivity (Wildman–Crippen MR) is 67.3 cm³/mol. The summed E-state index contributed by atoms with van der Waals surface area (Å²) in [7, 11) is 1.99. The number of likely N-dealkylation sites (tertiary alicyclic amines) is 1. The van der Waals surface area contributed by atoms with Gasteiger partial charge in [0.25, 0.3) is 0 Å². The van der Waals surface area contributed by atoms with E-state index in [2.05, 4.69) is 12.2 Å². The zero-order valence-electron chi connectivity index (χ0n) is 10.8. The van der Waals surface area contributed by atoms with Crippen LogP contribution in [-0.2, 0) is 4.79 Å². The number of hydrogen-bond acceptors (Lipinski definition) is 2. The fraction of sp³-hybridized carbons (Fsp3) is 0.769. The van der Waals surface area contributed by atoms with E-state index >= 15 is 0 Å². The lowest BCUT2D eigenvalue weighted by Gasteiger charge is -2.32. The number of carbonyl (C=O) groups is 1. The Balaban J connectivity index is 2.41. The first-order valence-corrected chi connectivity index (χ1v) is 6.29. The van der Waals surface area contributed by atoms with Crippen molar-refractivity contribution in [1.82, 2.24) is 10.2 Å². The summed E-state index contributed by atoms with van der Waals surface area (Å²) in [5, 5.41) is 3.21. The van der Waals surface area contributed by atoms with E-state index in [-0.39, 0.29) is 5.91 Å². The van der Waals surface area contributed by atoms with Gasteiger partial charge >= 0.3 is 0 Å². The summed E-state index contributed by atoms with van der Waals surface area (Å²) in [6.07, 6.45) is 5.22. The first-order chi connectivity index (χ1) is 7.69. The molecule has 3 heteroatoms. The van der Waals surface area contributed by atoms with Gasteiger partial charge in [-0.25, -0.2) is 0 Å². The number of nitrogens with one attached hydrogen (secondary N) is 1. The van der Waals surface area contributed by atoms with Crippen LogP contribution in [0.3, 0.4) is 0 Å². The first kappa shape index (κ1) is 13.2. The molecule has 0 aromatic carbocycles. The van der Waals surface area contributed by atoms with E-state index in [0.717, 1.165) is 50.4 Å². The van der Waals surface area contributed by atoms with E-state index < -0.39 is 0 Å². The number of amides is 1. The molecule has 0 aliphatic carbocycles. The van der Waals surface area contributed by atoms with Crippen LogP contribution in [0.25, 0.3) is 0 Å². The zero-order valence-corrected chi connectivity index (χ0v) is 10.8. The molecule has 0 aromatic heterocycles. The van der Waals surface area contributed by atoms with E-state index in [1.165, 1.54) is 0 Å². The van der Waals surface area contributed by atoms with Crippen molar-refractivity contribution in [2.75, 3.05) is 26.7 Å². The monoisotopic (exact) mass is 224 g/mol. The molecule has 0 aromatic rings. The maximum absolute atomic E-state index is 12.0. The van der Waals surface area contributed by atoms with Gasteiger partial charge in [-0.1, -0.05) is 13.0 Å². The van der Waals surface area contributed by atoms with E-state index in [4.69, 9.17) is 0 Å². The van der Waals surface area contributed by atoms with Gasteiger partial charge < -0.3 is 10.2 Å². The van der Waals surface area contributed by atoms with E-state index in [1.54, 1.807) is 0 Å². The molecule has 0 saturated carbocycles. The Morgan fingerprint density at radius 3 is 2.56 bits per heavy atom. The highest BCUT2D eigenvalue weighted by Gasteiger charge is 2.22. The normalized spacial score (nSPS) is 18.9. The molecule has 92 valence electrons. The molecule has 0 atom stereocenters. The van der Waals surface area contributed by atoms with Crippen molar-refractivity contribution in [3.8, 4) is 0 Å². The molecule has 1 fully saturated rings. The van der Waals surface area contributed by atoms with Crippen molar-refractivity contribution in [2.45, 2.75) is 33.1 Å². The van der Waals surface area contributed by atoms with E-state index in [1.807, 2.05) is 24.9 Å². The number of hydrogen-bond donors (Lipinski definition) is 1. The van der Waals surface area contributed by atoms with Crippen LogP contribution in [0.5, 0.6) is 0 Å². The molecule has 1 saturated heterocycles. The summed E-state index contributed by atoms with van der Waals surface area (Å²) in [6, 6.07) is 0. The fourth-order valence-electron chi connectivity index (χ4n) is 2.27. The van der Waals surface area contributed by atoms with Gasteiger partial charge in [-0.15, -0.1) is 0 Å². The third-order valence-corrected chi connectivity index (χ3v) is 3.24. The zero-order chi connectivity index (χ0) is 12.0. The third-order valence-electron chi connectivity index (χ3n) is 3.24. The molecule has 1 aliphatic heterocycles. The maximum Gasteiger partial charge on any atom is 0.249 e. The molecule has 0 bridgehead atoms. The molecule has 3 nitrogen and oxygen atoms in total. The molecule has 1 amide bonds. The van der Waals surface area contributed by atoms with Crippen molar-refractivity contribution in [2.24, 2.45) is 5.92 Å². The molecule has 0 spiro atoms. The Morgan fingerprint density at radius 2 is 2.06 bits per heavy atom. The van der Waals surface area contributed by atoms with Crippen molar-refractivity contribution < 1.29 is 4.79 Å². The average molecular weight is 224 g/mol. The Kier molecular flexibility index (Phi) is 5.53. The van der Waals surface area contributed by atoms with Crippen molar-refractivity contribution >= 4 is 5.91 Å².